The second-order valence-corrected chi connectivity index (χ2v) is 4.54. The zero-order chi connectivity index (χ0) is 14.8. The van der Waals surface area contributed by atoms with Crippen LogP contribution >= 0.6 is 11.3 Å². The van der Waals surface area contributed by atoms with Crippen molar-refractivity contribution in [2.24, 2.45) is 0 Å². The summed E-state index contributed by atoms with van der Waals surface area (Å²) in [6.07, 6.45) is -4.59. The average Bonchev–Trinajstić information content (AvgIpc) is 2.97. The number of hydrogen-bond acceptors (Lipinski definition) is 6. The minimum Gasteiger partial charge on any atom is -0.453 e. The Balaban J connectivity index is 2.05. The third-order valence-electron chi connectivity index (χ3n) is 2.06. The van der Waals surface area contributed by atoms with Crippen LogP contribution in [0.3, 0.4) is 0 Å². The van der Waals surface area contributed by atoms with Gasteiger partial charge in [-0.1, -0.05) is 11.3 Å². The second kappa shape index (κ2) is 5.59. The number of anilines is 1. The Morgan fingerprint density at radius 3 is 2.80 bits per heavy atom. The van der Waals surface area contributed by atoms with Crippen molar-refractivity contribution in [1.82, 2.24) is 10.2 Å². The maximum atomic E-state index is 12.3. The normalized spacial score (nSPS) is 11.6. The van der Waals surface area contributed by atoms with Crippen molar-refractivity contribution < 1.29 is 27.1 Å². The van der Waals surface area contributed by atoms with E-state index in [2.05, 4.69) is 15.5 Å². The van der Waals surface area contributed by atoms with E-state index in [1.807, 2.05) is 0 Å². The fourth-order valence-corrected chi connectivity index (χ4v) is 1.87. The SMILES string of the molecule is COCc1ccc(C(=O)Nc2nnc(C(F)(F)F)s2)o1. The van der Waals surface area contributed by atoms with Crippen LogP contribution in [0.25, 0.3) is 0 Å². The minimum atomic E-state index is -4.59. The fraction of sp³-hybridized carbons (Fsp3) is 0.300. The first kappa shape index (κ1) is 14.5. The second-order valence-electron chi connectivity index (χ2n) is 3.56. The summed E-state index contributed by atoms with van der Waals surface area (Å²) in [5.41, 5.74) is 0. The molecule has 0 radical (unpaired) electrons. The van der Waals surface area contributed by atoms with Gasteiger partial charge in [0.05, 0.1) is 0 Å². The van der Waals surface area contributed by atoms with E-state index in [1.54, 1.807) is 0 Å². The molecule has 0 bridgehead atoms. The summed E-state index contributed by atoms with van der Waals surface area (Å²) in [7, 11) is 1.46. The van der Waals surface area contributed by atoms with E-state index in [-0.39, 0.29) is 28.8 Å². The number of alkyl halides is 3. The standard InChI is InChI=1S/C10H8F3N3O3S/c1-18-4-5-2-3-6(19-5)7(17)14-9-16-15-8(20-9)10(11,12)13/h2-3H,4H2,1H3,(H,14,16,17). The molecule has 0 fully saturated rings. The summed E-state index contributed by atoms with van der Waals surface area (Å²) in [4.78, 5) is 11.7. The molecule has 1 N–H and O–H groups in total. The lowest BCUT2D eigenvalue weighted by molar-refractivity contribution is -0.138. The van der Waals surface area contributed by atoms with Crippen molar-refractivity contribution in [3.8, 4) is 0 Å². The van der Waals surface area contributed by atoms with Crippen molar-refractivity contribution in [1.29, 1.82) is 0 Å². The average molecular weight is 307 g/mol. The summed E-state index contributed by atoms with van der Waals surface area (Å²) in [6, 6.07) is 2.91. The Morgan fingerprint density at radius 1 is 1.45 bits per heavy atom. The number of hydrogen-bond donors (Lipinski definition) is 1. The van der Waals surface area contributed by atoms with Crippen molar-refractivity contribution in [2.75, 3.05) is 12.4 Å². The molecule has 0 aliphatic rings. The van der Waals surface area contributed by atoms with Crippen LogP contribution in [0, 0.1) is 0 Å². The van der Waals surface area contributed by atoms with Gasteiger partial charge in [-0.15, -0.1) is 10.2 Å². The van der Waals surface area contributed by atoms with E-state index in [0.717, 1.165) is 0 Å². The quantitative estimate of drug-likeness (QED) is 0.939. The molecule has 0 unspecified atom stereocenters. The van der Waals surface area contributed by atoms with Gasteiger partial charge in [-0.3, -0.25) is 10.1 Å². The van der Waals surface area contributed by atoms with Gasteiger partial charge in [-0.25, -0.2) is 0 Å². The Kier molecular flexibility index (Phi) is 4.04. The summed E-state index contributed by atoms with van der Waals surface area (Å²) in [5, 5.41) is 6.98. The third kappa shape index (κ3) is 3.33. The molecule has 0 spiro atoms. The molecular weight excluding hydrogens is 299 g/mol. The number of carbonyl (C=O) groups is 1. The van der Waals surface area contributed by atoms with Gasteiger partial charge in [-0.05, 0) is 12.1 Å². The lowest BCUT2D eigenvalue weighted by Crippen LogP contribution is -2.10. The largest absolute Gasteiger partial charge is 0.453 e. The van der Waals surface area contributed by atoms with E-state index in [9.17, 15) is 18.0 Å². The van der Waals surface area contributed by atoms with Gasteiger partial charge < -0.3 is 9.15 Å². The molecular formula is C10H8F3N3O3S. The predicted octanol–water partition coefficient (Wildman–Crippen LogP) is 2.55. The zero-order valence-corrected chi connectivity index (χ0v) is 10.8. The lowest BCUT2D eigenvalue weighted by Gasteiger charge is -1.98. The number of ether oxygens (including phenoxy) is 1. The molecule has 0 aliphatic heterocycles. The van der Waals surface area contributed by atoms with Gasteiger partial charge in [0, 0.05) is 7.11 Å². The number of aromatic nitrogens is 2. The fourth-order valence-electron chi connectivity index (χ4n) is 1.27. The van der Waals surface area contributed by atoms with Gasteiger partial charge in [0.25, 0.3) is 5.91 Å². The summed E-state index contributed by atoms with van der Waals surface area (Å²) in [6.45, 7) is 0.185. The number of carbonyl (C=O) groups excluding carboxylic acids is 1. The Morgan fingerprint density at radius 2 is 2.20 bits per heavy atom. The highest BCUT2D eigenvalue weighted by Gasteiger charge is 2.35. The Labute approximate surface area is 114 Å². The third-order valence-corrected chi connectivity index (χ3v) is 2.94. The molecule has 0 saturated heterocycles. The summed E-state index contributed by atoms with van der Waals surface area (Å²) >= 11 is 0.234. The van der Waals surface area contributed by atoms with Crippen LogP contribution in [0.2, 0.25) is 0 Å². The Hall–Kier alpha value is -1.94. The van der Waals surface area contributed by atoms with Gasteiger partial charge in [-0.2, -0.15) is 13.2 Å². The van der Waals surface area contributed by atoms with E-state index in [4.69, 9.17) is 9.15 Å². The molecule has 108 valence electrons. The lowest BCUT2D eigenvalue weighted by atomic mass is 10.4. The van der Waals surface area contributed by atoms with Crippen molar-refractivity contribution >= 4 is 22.4 Å². The number of amides is 1. The number of nitrogens with zero attached hydrogens (tertiary/aromatic N) is 2. The van der Waals surface area contributed by atoms with Crippen LogP contribution in [0.4, 0.5) is 18.3 Å². The molecule has 2 rings (SSSR count). The van der Waals surface area contributed by atoms with Gasteiger partial charge in [0.2, 0.25) is 10.1 Å². The first-order valence-corrected chi connectivity index (χ1v) is 6.01. The van der Waals surface area contributed by atoms with Gasteiger partial charge >= 0.3 is 6.18 Å². The topological polar surface area (TPSA) is 77.2 Å². The highest BCUT2D eigenvalue weighted by atomic mass is 32.1. The maximum absolute atomic E-state index is 12.3. The summed E-state index contributed by atoms with van der Waals surface area (Å²) < 4.78 is 46.9. The van der Waals surface area contributed by atoms with Gasteiger partial charge in [0.15, 0.2) is 5.76 Å². The zero-order valence-electron chi connectivity index (χ0n) is 10.0. The van der Waals surface area contributed by atoms with Crippen LogP contribution in [0.5, 0.6) is 0 Å². The highest BCUT2D eigenvalue weighted by Crippen LogP contribution is 2.33. The number of rotatable bonds is 4. The first-order chi connectivity index (χ1) is 9.40. The molecule has 0 aliphatic carbocycles. The molecule has 1 amide bonds. The van der Waals surface area contributed by atoms with Crippen LogP contribution in [0.1, 0.15) is 21.3 Å². The molecule has 0 aromatic carbocycles. The van der Waals surface area contributed by atoms with Crippen LogP contribution in [0.15, 0.2) is 16.5 Å². The number of halogens is 3. The summed E-state index contributed by atoms with van der Waals surface area (Å²) in [5.74, 6) is -0.344. The maximum Gasteiger partial charge on any atom is 0.445 e. The molecule has 2 aromatic rings. The molecule has 20 heavy (non-hydrogen) atoms. The van der Waals surface area contributed by atoms with Crippen LogP contribution in [-0.2, 0) is 17.5 Å². The smallest absolute Gasteiger partial charge is 0.445 e. The molecule has 2 heterocycles. The minimum absolute atomic E-state index is 0.0548. The van der Waals surface area contributed by atoms with E-state index < -0.39 is 17.1 Å². The molecule has 0 saturated carbocycles. The number of methoxy groups -OCH3 is 1. The van der Waals surface area contributed by atoms with E-state index >= 15 is 0 Å². The molecule has 0 atom stereocenters. The van der Waals surface area contributed by atoms with E-state index in [1.165, 1.54) is 19.2 Å². The van der Waals surface area contributed by atoms with Crippen molar-refractivity contribution in [3.05, 3.63) is 28.7 Å². The molecule has 10 heteroatoms. The first-order valence-electron chi connectivity index (χ1n) is 5.20. The monoisotopic (exact) mass is 307 g/mol. The number of furan rings is 1. The van der Waals surface area contributed by atoms with Gasteiger partial charge in [0.1, 0.15) is 12.4 Å². The molecule has 6 nitrogen and oxygen atoms in total. The predicted molar refractivity (Wildman–Crippen MR) is 62.3 cm³/mol. The Bertz CT molecular complexity index is 608. The van der Waals surface area contributed by atoms with Crippen LogP contribution < -0.4 is 5.32 Å². The molecule has 2 aromatic heterocycles. The van der Waals surface area contributed by atoms with Crippen molar-refractivity contribution in [2.45, 2.75) is 12.8 Å². The van der Waals surface area contributed by atoms with Crippen molar-refractivity contribution in [3.63, 3.8) is 0 Å². The van der Waals surface area contributed by atoms with E-state index in [0.29, 0.717) is 5.76 Å². The highest BCUT2D eigenvalue weighted by molar-refractivity contribution is 7.15. The number of nitrogens with one attached hydrogen (secondary N) is 1. The van der Waals surface area contributed by atoms with Crippen LogP contribution in [-0.4, -0.2) is 23.2 Å².